The Morgan fingerprint density at radius 3 is 2.84 bits per heavy atom. The second kappa shape index (κ2) is 6.16. The zero-order valence-corrected chi connectivity index (χ0v) is 11.4. The van der Waals surface area contributed by atoms with Gasteiger partial charge in [-0.2, -0.15) is 0 Å². The third-order valence-corrected chi connectivity index (χ3v) is 3.57. The number of hydrogen-bond donors (Lipinski definition) is 2. The summed E-state index contributed by atoms with van der Waals surface area (Å²) in [4.78, 5) is 13.9. The summed E-state index contributed by atoms with van der Waals surface area (Å²) in [7, 11) is 0. The van der Waals surface area contributed by atoms with Crippen LogP contribution >= 0.6 is 0 Å². The number of aromatic nitrogens is 1. The molecule has 2 rings (SSSR count). The highest BCUT2D eigenvalue weighted by Gasteiger charge is 2.23. The van der Waals surface area contributed by atoms with E-state index in [1.165, 1.54) is 0 Å². The van der Waals surface area contributed by atoms with Crippen LogP contribution in [0.3, 0.4) is 0 Å². The molecule has 0 saturated carbocycles. The maximum absolute atomic E-state index is 11.8. The third kappa shape index (κ3) is 4.04. The summed E-state index contributed by atoms with van der Waals surface area (Å²) in [5.41, 5.74) is 0.744. The molecule has 106 valence electrons. The number of anilines is 1. The van der Waals surface area contributed by atoms with E-state index >= 15 is 0 Å². The van der Waals surface area contributed by atoms with Gasteiger partial charge in [-0.25, -0.2) is 0 Å². The van der Waals surface area contributed by atoms with Crippen LogP contribution in [0.25, 0.3) is 0 Å². The Morgan fingerprint density at radius 2 is 2.32 bits per heavy atom. The predicted molar refractivity (Wildman–Crippen MR) is 70.7 cm³/mol. The van der Waals surface area contributed by atoms with E-state index in [4.69, 9.17) is 4.52 Å². The fraction of sp³-hybridized carbons (Fsp3) is 0.692. The molecule has 1 amide bonds. The van der Waals surface area contributed by atoms with Gasteiger partial charge >= 0.3 is 0 Å². The summed E-state index contributed by atoms with van der Waals surface area (Å²) < 4.78 is 4.94. The van der Waals surface area contributed by atoms with E-state index < -0.39 is 0 Å². The van der Waals surface area contributed by atoms with E-state index in [0.29, 0.717) is 18.3 Å². The van der Waals surface area contributed by atoms with Gasteiger partial charge in [0.2, 0.25) is 11.8 Å². The fourth-order valence-electron chi connectivity index (χ4n) is 2.40. The molecule has 2 heterocycles. The molecule has 1 aliphatic rings. The van der Waals surface area contributed by atoms with E-state index in [1.807, 2.05) is 6.92 Å². The number of aliphatic hydroxyl groups is 1. The molecule has 0 aromatic carbocycles. The molecule has 1 aromatic heterocycles. The SMILES string of the molecule is Cc1cc(NC(=O)CN2CCC(C(C)O)CC2)on1. The first-order valence-corrected chi connectivity index (χ1v) is 6.68. The molecule has 2 N–H and O–H groups in total. The van der Waals surface area contributed by atoms with E-state index in [2.05, 4.69) is 15.4 Å². The van der Waals surface area contributed by atoms with Gasteiger partial charge in [-0.3, -0.25) is 15.0 Å². The number of nitrogens with one attached hydrogen (secondary N) is 1. The molecule has 6 nitrogen and oxygen atoms in total. The monoisotopic (exact) mass is 267 g/mol. The van der Waals surface area contributed by atoms with Crippen LogP contribution in [0.15, 0.2) is 10.6 Å². The minimum absolute atomic E-state index is 0.0911. The number of likely N-dealkylation sites (tertiary alicyclic amines) is 1. The van der Waals surface area contributed by atoms with Crippen molar-refractivity contribution in [2.24, 2.45) is 5.92 Å². The number of nitrogens with zero attached hydrogens (tertiary/aromatic N) is 2. The Hall–Kier alpha value is -1.40. The molecule has 0 aliphatic carbocycles. The summed E-state index contributed by atoms with van der Waals surface area (Å²) >= 11 is 0. The van der Waals surface area contributed by atoms with Crippen molar-refractivity contribution in [3.63, 3.8) is 0 Å². The van der Waals surface area contributed by atoms with Crippen molar-refractivity contribution in [1.29, 1.82) is 0 Å². The van der Waals surface area contributed by atoms with Crippen molar-refractivity contribution in [1.82, 2.24) is 10.1 Å². The van der Waals surface area contributed by atoms with Crippen molar-refractivity contribution in [2.45, 2.75) is 32.8 Å². The molecule has 1 saturated heterocycles. The van der Waals surface area contributed by atoms with Crippen LogP contribution in [0, 0.1) is 12.8 Å². The quantitative estimate of drug-likeness (QED) is 0.851. The van der Waals surface area contributed by atoms with Gasteiger partial charge < -0.3 is 9.63 Å². The predicted octanol–water partition coefficient (Wildman–Crippen LogP) is 1.01. The topological polar surface area (TPSA) is 78.6 Å². The van der Waals surface area contributed by atoms with Crippen LogP contribution in [0.5, 0.6) is 0 Å². The Balaban J connectivity index is 1.75. The van der Waals surface area contributed by atoms with Crippen molar-refractivity contribution < 1.29 is 14.4 Å². The minimum Gasteiger partial charge on any atom is -0.393 e. The molecule has 0 bridgehead atoms. The van der Waals surface area contributed by atoms with E-state index in [0.717, 1.165) is 31.6 Å². The Bertz CT molecular complexity index is 423. The van der Waals surface area contributed by atoms with Crippen molar-refractivity contribution in [3.05, 3.63) is 11.8 Å². The fourth-order valence-corrected chi connectivity index (χ4v) is 2.40. The average Bonchev–Trinajstić information content (AvgIpc) is 2.75. The minimum atomic E-state index is -0.256. The molecule has 1 atom stereocenters. The van der Waals surface area contributed by atoms with Gasteiger partial charge in [0.25, 0.3) is 0 Å². The zero-order valence-electron chi connectivity index (χ0n) is 11.4. The van der Waals surface area contributed by atoms with Crippen LogP contribution in [-0.4, -0.2) is 46.8 Å². The number of aryl methyl sites for hydroxylation is 1. The highest BCUT2D eigenvalue weighted by molar-refractivity contribution is 5.90. The summed E-state index contributed by atoms with van der Waals surface area (Å²) in [5.74, 6) is 0.657. The lowest BCUT2D eigenvalue weighted by Gasteiger charge is -2.32. The van der Waals surface area contributed by atoms with Crippen LogP contribution in [0.2, 0.25) is 0 Å². The Labute approximate surface area is 112 Å². The van der Waals surface area contributed by atoms with Crippen molar-refractivity contribution >= 4 is 11.8 Å². The second-order valence-electron chi connectivity index (χ2n) is 5.23. The maximum atomic E-state index is 11.8. The standard InChI is InChI=1S/C13H21N3O3/c1-9-7-13(19-15-9)14-12(18)8-16-5-3-11(4-6-16)10(2)17/h7,10-11,17H,3-6,8H2,1-2H3,(H,14,18). The molecule has 1 aliphatic heterocycles. The van der Waals surface area contributed by atoms with E-state index in [1.54, 1.807) is 13.0 Å². The van der Waals surface area contributed by atoms with Gasteiger partial charge in [0.05, 0.1) is 18.3 Å². The summed E-state index contributed by atoms with van der Waals surface area (Å²) in [6.45, 7) is 5.68. The van der Waals surface area contributed by atoms with Crippen molar-refractivity contribution in [3.8, 4) is 0 Å². The van der Waals surface area contributed by atoms with Crippen LogP contribution < -0.4 is 5.32 Å². The zero-order chi connectivity index (χ0) is 13.8. The number of carbonyl (C=O) groups is 1. The molecular formula is C13H21N3O3. The normalized spacial score (nSPS) is 19.3. The molecule has 1 aromatic rings. The molecular weight excluding hydrogens is 246 g/mol. The number of piperidine rings is 1. The van der Waals surface area contributed by atoms with Crippen molar-refractivity contribution in [2.75, 3.05) is 25.0 Å². The first-order valence-electron chi connectivity index (χ1n) is 6.68. The van der Waals surface area contributed by atoms with Crippen LogP contribution in [0.1, 0.15) is 25.5 Å². The summed E-state index contributed by atoms with van der Waals surface area (Å²) in [6.07, 6.45) is 1.62. The lowest BCUT2D eigenvalue weighted by molar-refractivity contribution is -0.117. The third-order valence-electron chi connectivity index (χ3n) is 3.57. The van der Waals surface area contributed by atoms with Gasteiger partial charge in [-0.05, 0) is 45.7 Å². The molecule has 19 heavy (non-hydrogen) atoms. The highest BCUT2D eigenvalue weighted by Crippen LogP contribution is 2.20. The number of hydrogen-bond acceptors (Lipinski definition) is 5. The Kier molecular flexibility index (Phi) is 4.55. The van der Waals surface area contributed by atoms with Gasteiger partial charge in [0.15, 0.2) is 0 Å². The number of amides is 1. The number of rotatable bonds is 4. The van der Waals surface area contributed by atoms with E-state index in [9.17, 15) is 9.90 Å². The maximum Gasteiger partial charge on any atom is 0.240 e. The second-order valence-corrected chi connectivity index (χ2v) is 5.23. The number of aliphatic hydroxyl groups excluding tert-OH is 1. The van der Waals surface area contributed by atoms with Gasteiger partial charge in [0.1, 0.15) is 0 Å². The van der Waals surface area contributed by atoms with Gasteiger partial charge in [0, 0.05) is 6.07 Å². The largest absolute Gasteiger partial charge is 0.393 e. The first kappa shape index (κ1) is 14.0. The van der Waals surface area contributed by atoms with Crippen LogP contribution in [-0.2, 0) is 4.79 Å². The molecule has 1 unspecified atom stereocenters. The first-order chi connectivity index (χ1) is 9.04. The van der Waals surface area contributed by atoms with Gasteiger partial charge in [-0.15, -0.1) is 0 Å². The van der Waals surface area contributed by atoms with Gasteiger partial charge in [-0.1, -0.05) is 5.16 Å². The molecule has 6 heteroatoms. The highest BCUT2D eigenvalue weighted by atomic mass is 16.5. The molecule has 0 radical (unpaired) electrons. The molecule has 0 spiro atoms. The van der Waals surface area contributed by atoms with Crippen LogP contribution in [0.4, 0.5) is 5.88 Å². The lowest BCUT2D eigenvalue weighted by atomic mass is 9.92. The number of carbonyl (C=O) groups excluding carboxylic acids is 1. The Morgan fingerprint density at radius 1 is 1.63 bits per heavy atom. The van der Waals surface area contributed by atoms with E-state index in [-0.39, 0.29) is 12.0 Å². The molecule has 1 fully saturated rings. The lowest BCUT2D eigenvalue weighted by Crippen LogP contribution is -2.41. The smallest absolute Gasteiger partial charge is 0.240 e. The average molecular weight is 267 g/mol. The summed E-state index contributed by atoms with van der Waals surface area (Å²) in [6, 6.07) is 1.69. The summed E-state index contributed by atoms with van der Waals surface area (Å²) in [5, 5.41) is 15.9.